The van der Waals surface area contributed by atoms with Crippen LogP contribution in [0, 0.1) is 17.0 Å². The molecule has 3 amide bonds. The van der Waals surface area contributed by atoms with Crippen LogP contribution in [0.3, 0.4) is 0 Å². The van der Waals surface area contributed by atoms with Crippen molar-refractivity contribution in [1.29, 1.82) is 0 Å². The Balaban J connectivity index is 1.89. The minimum Gasteiger partial charge on any atom is -0.493 e. The molecule has 0 aliphatic rings. The lowest BCUT2D eigenvalue weighted by Crippen LogP contribution is -2.46. The molecular weight excluding hydrogens is 408 g/mol. The van der Waals surface area contributed by atoms with E-state index < -0.39 is 29.2 Å². The Morgan fingerprint density at radius 1 is 1.00 bits per heavy atom. The van der Waals surface area contributed by atoms with Crippen molar-refractivity contribution in [1.82, 2.24) is 16.2 Å². The molecule has 2 rings (SSSR count). The standard InChI is InChI=1S/C20H22N4O7/c1-4-31-16-8-7-14(10-17(16)30-3)20(27)23-22-18(25)11-21-19(26)13-6-5-12(2)15(9-13)24(28)29/h5-10H,4,11H2,1-3H3,(H,21,26)(H,22,25)(H,23,27). The second kappa shape index (κ2) is 10.6. The van der Waals surface area contributed by atoms with Crippen LogP contribution in [0.25, 0.3) is 0 Å². The summed E-state index contributed by atoms with van der Waals surface area (Å²) >= 11 is 0. The number of ether oxygens (including phenoxy) is 2. The molecule has 0 heterocycles. The molecule has 0 saturated carbocycles. The molecule has 0 aromatic heterocycles. The molecule has 3 N–H and O–H groups in total. The highest BCUT2D eigenvalue weighted by Gasteiger charge is 2.16. The van der Waals surface area contributed by atoms with Crippen molar-refractivity contribution >= 4 is 23.4 Å². The summed E-state index contributed by atoms with van der Waals surface area (Å²) in [7, 11) is 1.44. The van der Waals surface area contributed by atoms with Crippen LogP contribution in [-0.4, -0.2) is 42.9 Å². The first-order valence-electron chi connectivity index (χ1n) is 9.20. The summed E-state index contributed by atoms with van der Waals surface area (Å²) in [6.45, 7) is 3.34. The molecule has 11 nitrogen and oxygen atoms in total. The number of nitrogens with zero attached hydrogens (tertiary/aromatic N) is 1. The molecule has 31 heavy (non-hydrogen) atoms. The smallest absolute Gasteiger partial charge is 0.273 e. The van der Waals surface area contributed by atoms with E-state index in [1.807, 2.05) is 6.92 Å². The van der Waals surface area contributed by atoms with E-state index in [1.165, 1.54) is 31.4 Å². The van der Waals surface area contributed by atoms with Crippen molar-refractivity contribution in [2.45, 2.75) is 13.8 Å². The lowest BCUT2D eigenvalue weighted by molar-refractivity contribution is -0.385. The van der Waals surface area contributed by atoms with Crippen LogP contribution in [-0.2, 0) is 4.79 Å². The van der Waals surface area contributed by atoms with E-state index in [9.17, 15) is 24.5 Å². The quantitative estimate of drug-likeness (QED) is 0.424. The minimum atomic E-state index is -0.693. The van der Waals surface area contributed by atoms with Gasteiger partial charge >= 0.3 is 0 Å². The van der Waals surface area contributed by atoms with E-state index >= 15 is 0 Å². The summed E-state index contributed by atoms with van der Waals surface area (Å²) in [5.41, 5.74) is 4.86. The number of hydrogen-bond donors (Lipinski definition) is 3. The van der Waals surface area contributed by atoms with E-state index in [0.29, 0.717) is 23.7 Å². The molecule has 11 heteroatoms. The number of nitro groups is 1. The van der Waals surface area contributed by atoms with Gasteiger partial charge in [0.05, 0.1) is 25.2 Å². The van der Waals surface area contributed by atoms with Gasteiger partial charge in [-0.25, -0.2) is 0 Å². The summed E-state index contributed by atoms with van der Waals surface area (Å²) in [4.78, 5) is 46.6. The van der Waals surface area contributed by atoms with Crippen molar-refractivity contribution in [2.24, 2.45) is 0 Å². The maximum atomic E-state index is 12.2. The first-order chi connectivity index (χ1) is 14.8. The molecule has 0 bridgehead atoms. The molecule has 2 aromatic rings. The van der Waals surface area contributed by atoms with Crippen LogP contribution in [0.15, 0.2) is 36.4 Å². The number of nitrogens with one attached hydrogen (secondary N) is 3. The third-order valence-corrected chi connectivity index (χ3v) is 4.12. The SMILES string of the molecule is CCOc1ccc(C(=O)NNC(=O)CNC(=O)c2ccc(C)c([N+](=O)[O-])c2)cc1OC. The van der Waals surface area contributed by atoms with E-state index in [2.05, 4.69) is 16.2 Å². The molecule has 0 fully saturated rings. The number of amides is 3. The lowest BCUT2D eigenvalue weighted by Gasteiger charge is -2.12. The van der Waals surface area contributed by atoms with E-state index in [1.54, 1.807) is 13.0 Å². The lowest BCUT2D eigenvalue weighted by atomic mass is 10.1. The Hall–Kier alpha value is -4.15. The van der Waals surface area contributed by atoms with E-state index in [4.69, 9.17) is 9.47 Å². The second-order valence-corrected chi connectivity index (χ2v) is 6.24. The third kappa shape index (κ3) is 6.16. The first-order valence-corrected chi connectivity index (χ1v) is 9.20. The number of benzene rings is 2. The predicted molar refractivity (Wildman–Crippen MR) is 110 cm³/mol. The molecule has 0 saturated heterocycles. The number of carbonyl (C=O) groups is 3. The Morgan fingerprint density at radius 3 is 2.32 bits per heavy atom. The zero-order valence-corrected chi connectivity index (χ0v) is 17.2. The number of carbonyl (C=O) groups excluding carboxylic acids is 3. The highest BCUT2D eigenvalue weighted by Crippen LogP contribution is 2.27. The summed E-state index contributed by atoms with van der Waals surface area (Å²) in [5.74, 6) is -1.12. The predicted octanol–water partition coefficient (Wildman–Crippen LogP) is 1.50. The fourth-order valence-corrected chi connectivity index (χ4v) is 2.54. The third-order valence-electron chi connectivity index (χ3n) is 4.12. The molecule has 0 unspecified atom stereocenters. The fraction of sp³-hybridized carbons (Fsp3) is 0.250. The Labute approximate surface area is 177 Å². The summed E-state index contributed by atoms with van der Waals surface area (Å²) in [6.07, 6.45) is 0. The Morgan fingerprint density at radius 2 is 1.68 bits per heavy atom. The zero-order chi connectivity index (χ0) is 23.0. The first kappa shape index (κ1) is 23.1. The van der Waals surface area contributed by atoms with Crippen LogP contribution >= 0.6 is 0 Å². The van der Waals surface area contributed by atoms with Crippen molar-refractivity contribution in [3.8, 4) is 11.5 Å². The van der Waals surface area contributed by atoms with Crippen molar-refractivity contribution in [3.63, 3.8) is 0 Å². The summed E-state index contributed by atoms with van der Waals surface area (Å²) < 4.78 is 10.5. The molecule has 0 atom stereocenters. The maximum absolute atomic E-state index is 12.2. The largest absolute Gasteiger partial charge is 0.493 e. The topological polar surface area (TPSA) is 149 Å². The molecule has 0 aliphatic heterocycles. The number of hydrazine groups is 1. The van der Waals surface area contributed by atoms with E-state index in [-0.39, 0.29) is 16.8 Å². The minimum absolute atomic E-state index is 0.0376. The average Bonchev–Trinajstić information content (AvgIpc) is 2.76. The molecule has 164 valence electrons. The van der Waals surface area contributed by atoms with Crippen LogP contribution in [0.2, 0.25) is 0 Å². The number of nitro benzene ring substituents is 1. The number of hydrogen-bond acceptors (Lipinski definition) is 7. The molecule has 0 spiro atoms. The van der Waals surface area contributed by atoms with Gasteiger partial charge in [-0.2, -0.15) is 0 Å². The highest BCUT2D eigenvalue weighted by atomic mass is 16.6. The van der Waals surface area contributed by atoms with Gasteiger partial charge in [0, 0.05) is 22.8 Å². The van der Waals surface area contributed by atoms with Crippen molar-refractivity contribution < 1.29 is 28.8 Å². The van der Waals surface area contributed by atoms with Gasteiger partial charge in [0.1, 0.15) is 0 Å². The van der Waals surface area contributed by atoms with Crippen LogP contribution < -0.4 is 25.6 Å². The van der Waals surface area contributed by atoms with Gasteiger partial charge in [0.2, 0.25) is 0 Å². The summed E-state index contributed by atoms with van der Waals surface area (Å²) in [5, 5.41) is 13.3. The van der Waals surface area contributed by atoms with Crippen LogP contribution in [0.1, 0.15) is 33.2 Å². The van der Waals surface area contributed by atoms with E-state index in [0.717, 1.165) is 6.07 Å². The van der Waals surface area contributed by atoms with Gasteiger partial charge in [-0.3, -0.25) is 35.3 Å². The van der Waals surface area contributed by atoms with Gasteiger partial charge in [-0.1, -0.05) is 6.07 Å². The molecule has 2 aromatic carbocycles. The number of rotatable bonds is 8. The molecular formula is C20H22N4O7. The maximum Gasteiger partial charge on any atom is 0.273 e. The van der Waals surface area contributed by atoms with Crippen molar-refractivity contribution in [2.75, 3.05) is 20.3 Å². The highest BCUT2D eigenvalue weighted by molar-refractivity contribution is 5.98. The Bertz CT molecular complexity index is 1010. The normalized spacial score (nSPS) is 10.0. The molecule has 0 aliphatic carbocycles. The molecule has 0 radical (unpaired) electrons. The zero-order valence-electron chi connectivity index (χ0n) is 17.2. The van der Waals surface area contributed by atoms with Gasteiger partial charge in [-0.05, 0) is 38.1 Å². The van der Waals surface area contributed by atoms with Gasteiger partial charge in [-0.15, -0.1) is 0 Å². The monoisotopic (exact) mass is 430 g/mol. The number of methoxy groups -OCH3 is 1. The fourth-order valence-electron chi connectivity index (χ4n) is 2.54. The average molecular weight is 430 g/mol. The number of aryl methyl sites for hydroxylation is 1. The van der Waals surface area contributed by atoms with Gasteiger partial charge in [0.15, 0.2) is 11.5 Å². The van der Waals surface area contributed by atoms with Gasteiger partial charge < -0.3 is 14.8 Å². The van der Waals surface area contributed by atoms with Crippen LogP contribution in [0.5, 0.6) is 11.5 Å². The second-order valence-electron chi connectivity index (χ2n) is 6.24. The Kier molecular flexibility index (Phi) is 7.89. The van der Waals surface area contributed by atoms with Gasteiger partial charge in [0.25, 0.3) is 23.4 Å². The van der Waals surface area contributed by atoms with Crippen LogP contribution in [0.4, 0.5) is 5.69 Å². The van der Waals surface area contributed by atoms with Crippen molar-refractivity contribution in [3.05, 3.63) is 63.2 Å². The summed E-state index contributed by atoms with van der Waals surface area (Å²) in [6, 6.07) is 8.51.